The number of hydrogen-bond donors (Lipinski definition) is 0. The molecule has 0 amide bonds. The van der Waals surface area contributed by atoms with Crippen molar-refractivity contribution in [2.45, 2.75) is 73.1 Å². The molecule has 0 bridgehead atoms. The van der Waals surface area contributed by atoms with Crippen molar-refractivity contribution in [3.8, 4) is 0 Å². The van der Waals surface area contributed by atoms with Crippen LogP contribution in [0.2, 0.25) is 0 Å². The molecule has 0 spiro atoms. The average Bonchev–Trinajstić information content (AvgIpc) is 2.59. The Labute approximate surface area is 148 Å². The molecule has 142 valence electrons. The molecule has 0 atom stereocenters. The predicted octanol–water partition coefficient (Wildman–Crippen LogP) is 3.80. The van der Waals surface area contributed by atoms with Gasteiger partial charge in [0, 0.05) is 6.54 Å². The third-order valence-corrected chi connectivity index (χ3v) is 4.51. The van der Waals surface area contributed by atoms with Crippen molar-refractivity contribution in [3.05, 3.63) is 0 Å². The Bertz CT molecular complexity index is 345. The number of carbonyl (C=O) groups is 2. The van der Waals surface area contributed by atoms with Gasteiger partial charge in [-0.15, -0.1) is 0 Å². The van der Waals surface area contributed by atoms with Crippen LogP contribution in [-0.4, -0.2) is 49.7 Å². The van der Waals surface area contributed by atoms with Gasteiger partial charge in [-0.2, -0.15) is 0 Å². The van der Waals surface area contributed by atoms with E-state index >= 15 is 0 Å². The van der Waals surface area contributed by atoms with Gasteiger partial charge in [-0.1, -0.05) is 53.4 Å². The average molecular weight is 344 g/mol. The van der Waals surface area contributed by atoms with E-state index in [0.717, 1.165) is 38.8 Å². The summed E-state index contributed by atoms with van der Waals surface area (Å²) >= 11 is 0. The fraction of sp³-hybridized carbons (Fsp3) is 0.895. The number of unbranched alkanes of at least 4 members (excludes halogenated alkanes) is 2. The summed E-state index contributed by atoms with van der Waals surface area (Å²) in [6.07, 6.45) is 4.50. The number of likely N-dealkylation sites (N-methyl/N-ethyl adjacent to an activating group) is 1. The van der Waals surface area contributed by atoms with Gasteiger partial charge in [0.25, 0.3) is 0 Å². The molecule has 0 aromatic carbocycles. The van der Waals surface area contributed by atoms with Crippen LogP contribution in [0.5, 0.6) is 0 Å². The first-order chi connectivity index (χ1) is 11.5. The fourth-order valence-corrected chi connectivity index (χ4v) is 2.79. The SMILES string of the molecule is CCCCC(CCCC)(C(=O)OCC)C(=O)OCCN(CC)CC. The molecule has 0 aliphatic heterocycles. The van der Waals surface area contributed by atoms with Gasteiger partial charge in [0.05, 0.1) is 6.61 Å². The number of hydrogen-bond acceptors (Lipinski definition) is 5. The highest BCUT2D eigenvalue weighted by Crippen LogP contribution is 2.34. The van der Waals surface area contributed by atoms with Crippen molar-refractivity contribution in [1.29, 1.82) is 0 Å². The summed E-state index contributed by atoms with van der Waals surface area (Å²) in [6.45, 7) is 13.2. The normalized spacial score (nSPS) is 11.6. The molecule has 0 radical (unpaired) electrons. The van der Waals surface area contributed by atoms with E-state index in [1.165, 1.54) is 0 Å². The summed E-state index contributed by atoms with van der Waals surface area (Å²) in [6, 6.07) is 0. The van der Waals surface area contributed by atoms with Crippen LogP contribution in [0.1, 0.15) is 73.1 Å². The first-order valence-electron chi connectivity index (χ1n) is 9.59. The number of rotatable bonds is 14. The predicted molar refractivity (Wildman–Crippen MR) is 96.9 cm³/mol. The van der Waals surface area contributed by atoms with Crippen LogP contribution >= 0.6 is 0 Å². The highest BCUT2D eigenvalue weighted by Gasteiger charge is 2.47. The third-order valence-electron chi connectivity index (χ3n) is 4.51. The highest BCUT2D eigenvalue weighted by atomic mass is 16.6. The quantitative estimate of drug-likeness (QED) is 0.355. The van der Waals surface area contributed by atoms with E-state index < -0.39 is 17.4 Å². The van der Waals surface area contributed by atoms with Gasteiger partial charge in [-0.05, 0) is 32.9 Å². The second kappa shape index (κ2) is 13.2. The van der Waals surface area contributed by atoms with Crippen molar-refractivity contribution >= 4 is 11.9 Å². The zero-order valence-corrected chi connectivity index (χ0v) is 16.4. The molecule has 0 aromatic heterocycles. The zero-order chi connectivity index (χ0) is 18.4. The molecule has 0 aliphatic rings. The van der Waals surface area contributed by atoms with Crippen molar-refractivity contribution in [2.24, 2.45) is 5.41 Å². The van der Waals surface area contributed by atoms with Gasteiger partial charge >= 0.3 is 11.9 Å². The number of nitrogens with zero attached hydrogens (tertiary/aromatic N) is 1. The number of carbonyl (C=O) groups excluding carboxylic acids is 2. The fourth-order valence-electron chi connectivity index (χ4n) is 2.79. The first-order valence-corrected chi connectivity index (χ1v) is 9.59. The second-order valence-electron chi connectivity index (χ2n) is 6.17. The molecule has 0 N–H and O–H groups in total. The summed E-state index contributed by atoms with van der Waals surface area (Å²) < 4.78 is 10.8. The maximum absolute atomic E-state index is 12.8. The van der Waals surface area contributed by atoms with Gasteiger partial charge < -0.3 is 14.4 Å². The molecular weight excluding hydrogens is 306 g/mol. The number of esters is 2. The van der Waals surface area contributed by atoms with Crippen molar-refractivity contribution in [3.63, 3.8) is 0 Å². The van der Waals surface area contributed by atoms with Crippen LogP contribution < -0.4 is 0 Å². The Hall–Kier alpha value is -1.10. The Morgan fingerprint density at radius 2 is 1.33 bits per heavy atom. The highest BCUT2D eigenvalue weighted by molar-refractivity contribution is 6.00. The summed E-state index contributed by atoms with van der Waals surface area (Å²) in [5.74, 6) is -0.824. The molecule has 0 heterocycles. The molecule has 0 saturated carbocycles. The van der Waals surface area contributed by atoms with E-state index in [0.29, 0.717) is 26.0 Å². The molecule has 24 heavy (non-hydrogen) atoms. The minimum Gasteiger partial charge on any atom is -0.465 e. The van der Waals surface area contributed by atoms with Crippen LogP contribution in [0, 0.1) is 5.41 Å². The van der Waals surface area contributed by atoms with Crippen LogP contribution in [0.25, 0.3) is 0 Å². The molecule has 0 unspecified atom stereocenters. The smallest absolute Gasteiger partial charge is 0.323 e. The Morgan fingerprint density at radius 3 is 1.75 bits per heavy atom. The summed E-state index contributed by atoms with van der Waals surface area (Å²) in [5.41, 5.74) is -1.13. The topological polar surface area (TPSA) is 55.8 Å². The maximum atomic E-state index is 12.8. The van der Waals surface area contributed by atoms with E-state index in [-0.39, 0.29) is 6.61 Å². The van der Waals surface area contributed by atoms with Gasteiger partial charge in [0.2, 0.25) is 0 Å². The molecule has 5 nitrogen and oxygen atoms in total. The van der Waals surface area contributed by atoms with E-state index in [1.54, 1.807) is 6.92 Å². The van der Waals surface area contributed by atoms with E-state index in [2.05, 4.69) is 32.6 Å². The standard InChI is InChI=1S/C19H37NO4/c1-6-11-13-19(14-12-7-2,17(21)23-10-5)18(22)24-16-15-20(8-3)9-4/h6-16H2,1-5H3. The first kappa shape index (κ1) is 22.9. The second-order valence-corrected chi connectivity index (χ2v) is 6.17. The van der Waals surface area contributed by atoms with E-state index in [9.17, 15) is 9.59 Å². The molecule has 0 aliphatic carbocycles. The number of ether oxygens (including phenoxy) is 2. The van der Waals surface area contributed by atoms with Gasteiger partial charge in [-0.3, -0.25) is 9.59 Å². The van der Waals surface area contributed by atoms with E-state index in [4.69, 9.17) is 9.47 Å². The zero-order valence-electron chi connectivity index (χ0n) is 16.4. The van der Waals surface area contributed by atoms with Crippen LogP contribution in [0.3, 0.4) is 0 Å². The van der Waals surface area contributed by atoms with Gasteiger partial charge in [-0.25, -0.2) is 0 Å². The lowest BCUT2D eigenvalue weighted by Gasteiger charge is -2.29. The minimum atomic E-state index is -1.13. The Kier molecular flexibility index (Phi) is 12.6. The summed E-state index contributed by atoms with van der Waals surface area (Å²) in [5, 5.41) is 0. The summed E-state index contributed by atoms with van der Waals surface area (Å²) in [4.78, 5) is 27.6. The monoisotopic (exact) mass is 343 g/mol. The molecular formula is C19H37NO4. The molecule has 0 saturated heterocycles. The third kappa shape index (κ3) is 7.20. The van der Waals surface area contributed by atoms with Crippen molar-refractivity contribution in [2.75, 3.05) is 32.8 Å². The Balaban J connectivity index is 5.08. The van der Waals surface area contributed by atoms with Gasteiger partial charge in [0.15, 0.2) is 5.41 Å². The minimum absolute atomic E-state index is 0.283. The lowest BCUT2D eigenvalue weighted by Crippen LogP contribution is -2.43. The van der Waals surface area contributed by atoms with E-state index in [1.807, 2.05) is 0 Å². The molecule has 0 fully saturated rings. The molecule has 0 rings (SSSR count). The largest absolute Gasteiger partial charge is 0.465 e. The molecule has 5 heteroatoms. The van der Waals surface area contributed by atoms with Gasteiger partial charge in [0.1, 0.15) is 6.61 Å². The van der Waals surface area contributed by atoms with Crippen LogP contribution in [0.15, 0.2) is 0 Å². The van der Waals surface area contributed by atoms with Crippen LogP contribution in [-0.2, 0) is 19.1 Å². The van der Waals surface area contributed by atoms with Crippen molar-refractivity contribution in [1.82, 2.24) is 4.90 Å². The van der Waals surface area contributed by atoms with Crippen molar-refractivity contribution < 1.29 is 19.1 Å². The Morgan fingerprint density at radius 1 is 0.833 bits per heavy atom. The maximum Gasteiger partial charge on any atom is 0.323 e. The summed E-state index contributed by atoms with van der Waals surface area (Å²) in [7, 11) is 0. The lowest BCUT2D eigenvalue weighted by atomic mass is 9.78. The lowest BCUT2D eigenvalue weighted by molar-refractivity contribution is -0.174. The van der Waals surface area contributed by atoms with Crippen LogP contribution in [0.4, 0.5) is 0 Å². The molecule has 0 aromatic rings.